The van der Waals surface area contributed by atoms with Crippen LogP contribution in [0.2, 0.25) is 0 Å². The number of anilines is 2. The molecule has 0 spiro atoms. The van der Waals surface area contributed by atoms with Crippen molar-refractivity contribution in [3.05, 3.63) is 62.2 Å². The predicted octanol–water partition coefficient (Wildman–Crippen LogP) is 2.96. The minimum Gasteiger partial charge on any atom is -0.378 e. The molecule has 0 aromatic heterocycles. The molecule has 192 valence electrons. The molecule has 2 aromatic carbocycles. The van der Waals surface area contributed by atoms with Crippen molar-refractivity contribution in [2.24, 2.45) is 5.10 Å². The first-order chi connectivity index (χ1) is 17.3. The summed E-state index contributed by atoms with van der Waals surface area (Å²) in [4.78, 5) is 23.2. The van der Waals surface area contributed by atoms with Gasteiger partial charge in [-0.05, 0) is 25.0 Å². The second-order valence-electron chi connectivity index (χ2n) is 8.37. The van der Waals surface area contributed by atoms with Crippen molar-refractivity contribution in [3.8, 4) is 0 Å². The Morgan fingerprint density at radius 3 is 2.22 bits per heavy atom. The monoisotopic (exact) mass is 518 g/mol. The molecule has 14 heteroatoms. The number of nitro groups is 2. The topological polar surface area (TPSA) is 161 Å². The van der Waals surface area contributed by atoms with Gasteiger partial charge in [0, 0.05) is 61.7 Å². The maximum absolute atomic E-state index is 13.3. The third-order valence-electron chi connectivity index (χ3n) is 6.07. The van der Waals surface area contributed by atoms with E-state index in [1.165, 1.54) is 34.8 Å². The number of piperidine rings is 1. The van der Waals surface area contributed by atoms with Crippen molar-refractivity contribution >= 4 is 39.0 Å². The highest BCUT2D eigenvalue weighted by molar-refractivity contribution is 7.89. The molecule has 2 aliphatic rings. The van der Waals surface area contributed by atoms with Crippen LogP contribution in [0.15, 0.2) is 46.4 Å². The van der Waals surface area contributed by atoms with Gasteiger partial charge in [-0.1, -0.05) is 6.42 Å². The van der Waals surface area contributed by atoms with Crippen molar-refractivity contribution in [2.75, 3.05) is 49.7 Å². The summed E-state index contributed by atoms with van der Waals surface area (Å²) >= 11 is 0. The molecule has 0 bridgehead atoms. The number of morpholine rings is 1. The maximum atomic E-state index is 13.3. The highest BCUT2D eigenvalue weighted by Gasteiger charge is 2.30. The van der Waals surface area contributed by atoms with Gasteiger partial charge < -0.3 is 9.64 Å². The molecule has 0 radical (unpaired) electrons. The molecule has 2 heterocycles. The van der Waals surface area contributed by atoms with Crippen LogP contribution in [0, 0.1) is 20.2 Å². The normalized spacial score (nSPS) is 17.3. The van der Waals surface area contributed by atoms with Gasteiger partial charge in [-0.25, -0.2) is 8.42 Å². The predicted molar refractivity (Wildman–Crippen MR) is 133 cm³/mol. The quantitative estimate of drug-likeness (QED) is 0.315. The van der Waals surface area contributed by atoms with Gasteiger partial charge >= 0.3 is 0 Å². The van der Waals surface area contributed by atoms with E-state index in [0.29, 0.717) is 57.8 Å². The molecule has 0 atom stereocenters. The Hall–Kier alpha value is -3.62. The van der Waals surface area contributed by atoms with Crippen molar-refractivity contribution in [1.29, 1.82) is 0 Å². The molecule has 1 N–H and O–H groups in total. The summed E-state index contributed by atoms with van der Waals surface area (Å²) in [6, 6.07) is 7.95. The maximum Gasteiger partial charge on any atom is 0.270 e. The van der Waals surface area contributed by atoms with E-state index in [1.54, 1.807) is 6.07 Å². The van der Waals surface area contributed by atoms with E-state index >= 15 is 0 Å². The number of hydrazone groups is 1. The van der Waals surface area contributed by atoms with Gasteiger partial charge in [0.05, 0.1) is 35.0 Å². The molecule has 2 aliphatic heterocycles. The first-order valence-corrected chi connectivity index (χ1v) is 12.9. The van der Waals surface area contributed by atoms with E-state index in [9.17, 15) is 28.6 Å². The summed E-state index contributed by atoms with van der Waals surface area (Å²) < 4.78 is 33.3. The molecular formula is C22H26N6O7S. The van der Waals surface area contributed by atoms with Crippen molar-refractivity contribution in [1.82, 2.24) is 4.31 Å². The Morgan fingerprint density at radius 2 is 1.56 bits per heavy atom. The zero-order valence-electron chi connectivity index (χ0n) is 19.4. The summed E-state index contributed by atoms with van der Waals surface area (Å²) in [5.74, 6) is 0. The summed E-state index contributed by atoms with van der Waals surface area (Å²) in [6.45, 7) is 2.92. The summed E-state index contributed by atoms with van der Waals surface area (Å²) in [7, 11) is -4.01. The van der Waals surface area contributed by atoms with Crippen LogP contribution in [0.4, 0.5) is 22.7 Å². The van der Waals surface area contributed by atoms with Crippen molar-refractivity contribution in [3.63, 3.8) is 0 Å². The van der Waals surface area contributed by atoms with Crippen LogP contribution in [0.5, 0.6) is 0 Å². The Morgan fingerprint density at radius 1 is 0.917 bits per heavy atom. The average Bonchev–Trinajstić information content (AvgIpc) is 2.89. The van der Waals surface area contributed by atoms with Gasteiger partial charge in [-0.2, -0.15) is 9.41 Å². The number of hydrogen-bond donors (Lipinski definition) is 1. The zero-order chi connectivity index (χ0) is 25.7. The molecule has 13 nitrogen and oxygen atoms in total. The zero-order valence-corrected chi connectivity index (χ0v) is 20.2. The van der Waals surface area contributed by atoms with Crippen LogP contribution >= 0.6 is 0 Å². The SMILES string of the molecule is O=[N+]([O-])c1ccc(N2CCOCC2)c(/C=N/Nc2ccc([N+](=O)[O-])cc2S(=O)(=O)N2CCCCC2)c1. The van der Waals surface area contributed by atoms with E-state index in [0.717, 1.165) is 18.2 Å². The second-order valence-corrected chi connectivity index (χ2v) is 10.3. The standard InChI is InChI=1S/C22H26N6O7S/c29-27(30)18-5-7-21(25-10-12-35-13-11-25)17(14-18)16-23-24-20-6-4-19(28(31)32)15-22(20)36(33,34)26-8-2-1-3-9-26/h4-7,14-16,24H,1-3,8-13H2/b23-16+. The summed E-state index contributed by atoms with van der Waals surface area (Å²) in [5, 5.41) is 26.8. The van der Waals surface area contributed by atoms with E-state index in [1.807, 2.05) is 4.90 Å². The number of nitrogens with one attached hydrogen (secondary N) is 1. The fraction of sp³-hybridized carbons (Fsp3) is 0.409. The third kappa shape index (κ3) is 5.61. The minimum absolute atomic E-state index is 0.0702. The lowest BCUT2D eigenvalue weighted by molar-refractivity contribution is -0.385. The van der Waals surface area contributed by atoms with Crippen LogP contribution in [0.25, 0.3) is 0 Å². The molecule has 2 aromatic rings. The Balaban J connectivity index is 1.66. The van der Waals surface area contributed by atoms with Gasteiger partial charge in [0.15, 0.2) is 0 Å². The Kier molecular flexibility index (Phi) is 7.76. The van der Waals surface area contributed by atoms with E-state index in [-0.39, 0.29) is 22.0 Å². The number of hydrogen-bond acceptors (Lipinski definition) is 10. The molecule has 0 saturated carbocycles. The smallest absolute Gasteiger partial charge is 0.270 e. The largest absolute Gasteiger partial charge is 0.378 e. The number of ether oxygens (including phenoxy) is 1. The highest BCUT2D eigenvalue weighted by atomic mass is 32.2. The van der Waals surface area contributed by atoms with Gasteiger partial charge in [-0.3, -0.25) is 25.7 Å². The summed E-state index contributed by atoms with van der Waals surface area (Å²) in [5.41, 5.74) is 3.46. The Bertz CT molecular complexity index is 1270. The van der Waals surface area contributed by atoms with E-state index < -0.39 is 19.9 Å². The Labute approximate surface area is 207 Å². The molecule has 36 heavy (non-hydrogen) atoms. The summed E-state index contributed by atoms with van der Waals surface area (Å²) in [6.07, 6.45) is 3.72. The number of benzene rings is 2. The van der Waals surface area contributed by atoms with E-state index in [4.69, 9.17) is 4.74 Å². The van der Waals surface area contributed by atoms with Gasteiger partial charge in [0.2, 0.25) is 10.0 Å². The van der Waals surface area contributed by atoms with Crippen molar-refractivity contribution in [2.45, 2.75) is 24.2 Å². The second kappa shape index (κ2) is 11.0. The molecule has 0 amide bonds. The molecule has 0 unspecified atom stereocenters. The first kappa shape index (κ1) is 25.5. The number of non-ortho nitro benzene ring substituents is 2. The number of rotatable bonds is 8. The third-order valence-corrected chi connectivity index (χ3v) is 8.01. The van der Waals surface area contributed by atoms with Crippen molar-refractivity contribution < 1.29 is 23.0 Å². The fourth-order valence-electron chi connectivity index (χ4n) is 4.20. The first-order valence-electron chi connectivity index (χ1n) is 11.5. The van der Waals surface area contributed by atoms with Crippen LogP contribution in [0.1, 0.15) is 24.8 Å². The molecule has 2 fully saturated rings. The molecule has 0 aliphatic carbocycles. The fourth-order valence-corrected chi connectivity index (χ4v) is 5.88. The van der Waals surface area contributed by atoms with Crippen LogP contribution in [0.3, 0.4) is 0 Å². The average molecular weight is 519 g/mol. The van der Waals surface area contributed by atoms with Crippen LogP contribution in [-0.2, 0) is 14.8 Å². The minimum atomic E-state index is -4.01. The highest BCUT2D eigenvalue weighted by Crippen LogP contribution is 2.31. The van der Waals surface area contributed by atoms with Gasteiger partial charge in [0.1, 0.15) is 4.90 Å². The van der Waals surface area contributed by atoms with Gasteiger partial charge in [0.25, 0.3) is 11.4 Å². The lowest BCUT2D eigenvalue weighted by Crippen LogP contribution is -2.36. The van der Waals surface area contributed by atoms with E-state index in [2.05, 4.69) is 10.5 Å². The number of nitrogens with zero attached hydrogens (tertiary/aromatic N) is 5. The van der Waals surface area contributed by atoms with Gasteiger partial charge in [-0.15, -0.1) is 0 Å². The van der Waals surface area contributed by atoms with Crippen LogP contribution in [-0.4, -0.2) is 68.2 Å². The lowest BCUT2D eigenvalue weighted by Gasteiger charge is -2.29. The number of sulfonamides is 1. The number of nitro benzene ring substituents is 2. The molecule has 2 saturated heterocycles. The van der Waals surface area contributed by atoms with Crippen LogP contribution < -0.4 is 10.3 Å². The molecule has 4 rings (SSSR count). The molecular weight excluding hydrogens is 492 g/mol. The lowest BCUT2D eigenvalue weighted by atomic mass is 10.1.